The quantitative estimate of drug-likeness (QED) is 0.502. The van der Waals surface area contributed by atoms with Crippen molar-refractivity contribution >= 4 is 23.0 Å². The van der Waals surface area contributed by atoms with Gasteiger partial charge in [-0.15, -0.1) is 0 Å². The second kappa shape index (κ2) is 6.32. The third kappa shape index (κ3) is 2.75. The molecule has 0 radical (unpaired) electrons. The van der Waals surface area contributed by atoms with Crippen molar-refractivity contribution in [3.8, 4) is 5.75 Å². The van der Waals surface area contributed by atoms with Crippen LogP contribution in [0.2, 0.25) is 0 Å². The number of nitrogens with zero attached hydrogens (tertiary/aromatic N) is 3. The van der Waals surface area contributed by atoms with Crippen molar-refractivity contribution in [2.75, 3.05) is 11.7 Å². The predicted molar refractivity (Wildman–Crippen MR) is 89.3 cm³/mol. The van der Waals surface area contributed by atoms with E-state index in [2.05, 4.69) is 5.16 Å². The first-order chi connectivity index (χ1) is 13.0. The second-order valence-electron chi connectivity index (χ2n) is 5.96. The molecule has 2 aliphatic heterocycles. The van der Waals surface area contributed by atoms with Crippen molar-refractivity contribution in [1.82, 2.24) is 0 Å². The van der Waals surface area contributed by atoms with E-state index in [1.165, 1.54) is 35.2 Å². The summed E-state index contributed by atoms with van der Waals surface area (Å²) in [6, 6.07) is 6.27. The first kappa shape index (κ1) is 16.9. The number of carbonyl (C=O) groups is 1. The van der Waals surface area contributed by atoms with Gasteiger partial charge >= 0.3 is 0 Å². The van der Waals surface area contributed by atoms with Crippen LogP contribution in [0.4, 0.5) is 15.8 Å². The molecule has 4 rings (SSSR count). The minimum Gasteiger partial charge on any atom is -0.467 e. The van der Waals surface area contributed by atoms with Crippen LogP contribution in [-0.4, -0.2) is 28.5 Å². The second-order valence-corrected chi connectivity index (χ2v) is 5.96. The fraction of sp³-hybridized carbons (Fsp3) is 0.176. The molecule has 2 aromatic rings. The van der Waals surface area contributed by atoms with Gasteiger partial charge < -0.3 is 19.6 Å². The number of hydrogen-bond acceptors (Lipinski definition) is 7. The van der Waals surface area contributed by atoms with E-state index >= 15 is 0 Å². The lowest BCUT2D eigenvalue weighted by Gasteiger charge is -2.23. The first-order valence-electron chi connectivity index (χ1n) is 7.84. The Bertz CT molecular complexity index is 1010. The van der Waals surface area contributed by atoms with E-state index in [1.54, 1.807) is 0 Å². The summed E-state index contributed by atoms with van der Waals surface area (Å²) in [5, 5.41) is 23.3. The van der Waals surface area contributed by atoms with Crippen LogP contribution in [0, 0.1) is 15.9 Å². The number of halogens is 1. The Morgan fingerprint density at radius 1 is 1.33 bits per heavy atom. The average Bonchev–Trinajstić information content (AvgIpc) is 2.92. The van der Waals surface area contributed by atoms with Gasteiger partial charge in [0.25, 0.3) is 11.6 Å². The van der Waals surface area contributed by atoms with E-state index in [4.69, 9.17) is 9.47 Å². The number of amides is 1. The summed E-state index contributed by atoms with van der Waals surface area (Å²) in [4.78, 5) is 24.3. The van der Waals surface area contributed by atoms with Crippen LogP contribution < -0.4 is 9.64 Å². The number of fused-ring (bicyclic) bond motifs is 2. The number of ether oxygens (including phenoxy) is 2. The molecule has 9 nitrogen and oxygen atoms in total. The van der Waals surface area contributed by atoms with E-state index in [-0.39, 0.29) is 42.6 Å². The number of anilines is 1. The summed E-state index contributed by atoms with van der Waals surface area (Å²) in [6.45, 7) is 0.0382. The maximum Gasteiger partial charge on any atom is 0.281 e. The molecule has 2 aliphatic rings. The van der Waals surface area contributed by atoms with Gasteiger partial charge in [0.05, 0.1) is 23.8 Å². The average molecular weight is 373 g/mol. The zero-order chi connectivity index (χ0) is 19.1. The lowest BCUT2D eigenvalue weighted by molar-refractivity contribution is -0.384. The van der Waals surface area contributed by atoms with Crippen molar-refractivity contribution in [2.24, 2.45) is 5.16 Å². The lowest BCUT2D eigenvalue weighted by atomic mass is 10.1. The molecule has 1 N–H and O–H groups in total. The summed E-state index contributed by atoms with van der Waals surface area (Å²) in [6.07, 6.45) is 0. The van der Waals surface area contributed by atoms with Gasteiger partial charge in [0.1, 0.15) is 11.6 Å². The SMILES string of the molecule is O=C1/C(=N\O)c2ccc([N+](=O)[O-])cc2N1Cc1cc(F)cc2c1OCOC2. The molecule has 0 saturated heterocycles. The Morgan fingerprint density at radius 2 is 2.15 bits per heavy atom. The number of rotatable bonds is 3. The Kier molecular flexibility index (Phi) is 3.96. The highest BCUT2D eigenvalue weighted by atomic mass is 19.1. The number of nitro groups is 1. The Labute approximate surface area is 151 Å². The number of non-ortho nitro benzene ring substituents is 1. The number of benzene rings is 2. The Balaban J connectivity index is 1.80. The summed E-state index contributed by atoms with van der Waals surface area (Å²) in [5.74, 6) is -0.783. The van der Waals surface area contributed by atoms with Crippen LogP contribution >= 0.6 is 0 Å². The van der Waals surface area contributed by atoms with Crippen molar-refractivity contribution in [3.05, 3.63) is 63.0 Å². The molecule has 0 aromatic heterocycles. The molecule has 0 fully saturated rings. The molecule has 27 heavy (non-hydrogen) atoms. The fourth-order valence-electron chi connectivity index (χ4n) is 3.21. The van der Waals surface area contributed by atoms with Gasteiger partial charge in [0, 0.05) is 28.8 Å². The van der Waals surface area contributed by atoms with Crippen LogP contribution in [-0.2, 0) is 22.7 Å². The highest BCUT2D eigenvalue weighted by Crippen LogP contribution is 2.37. The largest absolute Gasteiger partial charge is 0.467 e. The minimum atomic E-state index is -0.655. The molecular formula is C17H12FN3O6. The molecule has 10 heteroatoms. The lowest BCUT2D eigenvalue weighted by Crippen LogP contribution is -2.30. The zero-order valence-electron chi connectivity index (χ0n) is 13.7. The number of carbonyl (C=O) groups excluding carboxylic acids is 1. The first-order valence-corrected chi connectivity index (χ1v) is 7.84. The normalized spacial score (nSPS) is 16.9. The van der Waals surface area contributed by atoms with Crippen LogP contribution in [0.3, 0.4) is 0 Å². The molecule has 138 valence electrons. The van der Waals surface area contributed by atoms with Crippen LogP contribution in [0.1, 0.15) is 16.7 Å². The standard InChI is InChI=1S/C17H12FN3O6/c18-11-3-9(16-10(4-11)7-26-8-27-16)6-20-14-5-12(21(24)25)1-2-13(14)15(19-23)17(20)22/h1-5,23H,6-8H2/b19-15-. The highest BCUT2D eigenvalue weighted by Gasteiger charge is 2.36. The number of oxime groups is 1. The number of nitro benzene ring substituents is 1. The summed E-state index contributed by atoms with van der Waals surface area (Å²) < 4.78 is 24.5. The van der Waals surface area contributed by atoms with Gasteiger partial charge in [0.2, 0.25) is 0 Å². The maximum atomic E-state index is 14.0. The maximum absolute atomic E-state index is 14.0. The monoisotopic (exact) mass is 373 g/mol. The minimum absolute atomic E-state index is 0.00894. The molecular weight excluding hydrogens is 361 g/mol. The van der Waals surface area contributed by atoms with Crippen molar-refractivity contribution in [2.45, 2.75) is 13.2 Å². The Hall–Kier alpha value is -3.53. The van der Waals surface area contributed by atoms with Crippen LogP contribution in [0.15, 0.2) is 35.5 Å². The van der Waals surface area contributed by atoms with Gasteiger partial charge in [-0.2, -0.15) is 0 Å². The van der Waals surface area contributed by atoms with Gasteiger partial charge in [-0.1, -0.05) is 5.16 Å². The van der Waals surface area contributed by atoms with Crippen LogP contribution in [0.5, 0.6) is 5.75 Å². The molecule has 0 saturated carbocycles. The molecule has 1 amide bonds. The summed E-state index contributed by atoms with van der Waals surface area (Å²) in [5.41, 5.74) is 0.859. The highest BCUT2D eigenvalue weighted by molar-refractivity contribution is 6.54. The molecule has 0 unspecified atom stereocenters. The smallest absolute Gasteiger partial charge is 0.281 e. The van der Waals surface area contributed by atoms with Gasteiger partial charge in [-0.25, -0.2) is 4.39 Å². The van der Waals surface area contributed by atoms with E-state index in [9.17, 15) is 24.5 Å². The topological polar surface area (TPSA) is 114 Å². The summed E-state index contributed by atoms with van der Waals surface area (Å²) in [7, 11) is 0. The summed E-state index contributed by atoms with van der Waals surface area (Å²) >= 11 is 0. The van der Waals surface area contributed by atoms with Crippen molar-refractivity contribution in [1.29, 1.82) is 0 Å². The third-order valence-electron chi connectivity index (χ3n) is 4.37. The third-order valence-corrected chi connectivity index (χ3v) is 4.37. The molecule has 0 spiro atoms. The van der Waals surface area contributed by atoms with Gasteiger partial charge in [-0.3, -0.25) is 14.9 Å². The Morgan fingerprint density at radius 3 is 2.89 bits per heavy atom. The van der Waals surface area contributed by atoms with E-state index in [1.807, 2.05) is 0 Å². The van der Waals surface area contributed by atoms with E-state index < -0.39 is 16.6 Å². The van der Waals surface area contributed by atoms with E-state index in [0.717, 1.165) is 0 Å². The molecule has 2 heterocycles. The molecule has 0 atom stereocenters. The molecule has 0 aliphatic carbocycles. The van der Waals surface area contributed by atoms with Gasteiger partial charge in [-0.05, 0) is 18.2 Å². The van der Waals surface area contributed by atoms with E-state index in [0.29, 0.717) is 16.9 Å². The van der Waals surface area contributed by atoms with Crippen molar-refractivity contribution < 1.29 is 28.8 Å². The number of hydrogen-bond donors (Lipinski definition) is 1. The van der Waals surface area contributed by atoms with Gasteiger partial charge in [0.15, 0.2) is 12.5 Å². The fourth-order valence-corrected chi connectivity index (χ4v) is 3.21. The van der Waals surface area contributed by atoms with Crippen LogP contribution in [0.25, 0.3) is 0 Å². The predicted octanol–water partition coefficient (Wildman–Crippen LogP) is 2.33. The van der Waals surface area contributed by atoms with Crippen molar-refractivity contribution in [3.63, 3.8) is 0 Å². The zero-order valence-corrected chi connectivity index (χ0v) is 13.7. The molecule has 2 aromatic carbocycles. The molecule has 0 bridgehead atoms.